The number of hydrogen-bond acceptors (Lipinski definition) is 6. The van der Waals surface area contributed by atoms with Crippen molar-refractivity contribution >= 4 is 11.6 Å². The normalized spacial score (nSPS) is 18.0. The molecule has 1 aromatic heterocycles. The molecular formula is C16H23ClN6O. The molecule has 24 heavy (non-hydrogen) atoms. The van der Waals surface area contributed by atoms with Crippen LogP contribution in [0.25, 0.3) is 0 Å². The highest BCUT2D eigenvalue weighted by Crippen LogP contribution is 2.28. The Bertz CT molecular complexity index is 638. The number of hydrogen-bond donors (Lipinski definition) is 0. The average Bonchev–Trinajstić information content (AvgIpc) is 3.05. The molecule has 2 aromatic rings. The Morgan fingerprint density at radius 1 is 1.17 bits per heavy atom. The van der Waals surface area contributed by atoms with Crippen molar-refractivity contribution in [2.24, 2.45) is 0 Å². The number of ether oxygens (including phenoxy) is 1. The second-order valence-corrected chi connectivity index (χ2v) is 6.48. The summed E-state index contributed by atoms with van der Waals surface area (Å²) in [6, 6.07) is 7.97. The van der Waals surface area contributed by atoms with Gasteiger partial charge in [-0.15, -0.1) is 5.10 Å². The fourth-order valence-electron chi connectivity index (χ4n) is 2.99. The van der Waals surface area contributed by atoms with E-state index in [9.17, 15) is 0 Å². The Hall–Kier alpha value is -1.54. The molecule has 1 aromatic carbocycles. The van der Waals surface area contributed by atoms with Gasteiger partial charge in [-0.3, -0.25) is 4.90 Å². The van der Waals surface area contributed by atoms with Gasteiger partial charge >= 0.3 is 0 Å². The molecule has 0 bridgehead atoms. The second-order valence-electron chi connectivity index (χ2n) is 6.05. The quantitative estimate of drug-likeness (QED) is 0.783. The van der Waals surface area contributed by atoms with Gasteiger partial charge in [0.05, 0.1) is 19.2 Å². The van der Waals surface area contributed by atoms with E-state index in [0.29, 0.717) is 13.2 Å². The molecule has 8 heteroatoms. The third kappa shape index (κ3) is 3.92. The van der Waals surface area contributed by atoms with Crippen LogP contribution in [0.3, 0.4) is 0 Å². The van der Waals surface area contributed by atoms with Crippen molar-refractivity contribution in [2.75, 3.05) is 46.9 Å². The first-order valence-corrected chi connectivity index (χ1v) is 8.50. The minimum Gasteiger partial charge on any atom is -0.383 e. The summed E-state index contributed by atoms with van der Waals surface area (Å²) in [4.78, 5) is 4.77. The van der Waals surface area contributed by atoms with Gasteiger partial charge in [0.25, 0.3) is 0 Å². The summed E-state index contributed by atoms with van der Waals surface area (Å²) in [6.45, 7) is 5.22. The van der Waals surface area contributed by atoms with E-state index in [1.807, 2.05) is 16.8 Å². The molecule has 1 aliphatic rings. The van der Waals surface area contributed by atoms with Gasteiger partial charge in [-0.1, -0.05) is 23.7 Å². The van der Waals surface area contributed by atoms with E-state index in [2.05, 4.69) is 44.5 Å². The maximum atomic E-state index is 6.06. The molecule has 1 atom stereocenters. The smallest absolute Gasteiger partial charge is 0.173 e. The van der Waals surface area contributed by atoms with Crippen LogP contribution in [0.15, 0.2) is 24.3 Å². The lowest BCUT2D eigenvalue weighted by Gasteiger charge is -2.37. The first-order chi connectivity index (χ1) is 11.7. The highest BCUT2D eigenvalue weighted by atomic mass is 35.5. The summed E-state index contributed by atoms with van der Waals surface area (Å²) >= 11 is 6.06. The largest absolute Gasteiger partial charge is 0.383 e. The Labute approximate surface area is 147 Å². The molecule has 0 radical (unpaired) electrons. The number of benzene rings is 1. The van der Waals surface area contributed by atoms with Crippen molar-refractivity contribution in [3.8, 4) is 0 Å². The topological polar surface area (TPSA) is 59.3 Å². The van der Waals surface area contributed by atoms with E-state index in [4.69, 9.17) is 16.3 Å². The summed E-state index contributed by atoms with van der Waals surface area (Å²) in [5.74, 6) is 0.846. The predicted molar refractivity (Wildman–Crippen MR) is 92.1 cm³/mol. The van der Waals surface area contributed by atoms with Crippen molar-refractivity contribution in [3.05, 3.63) is 40.7 Å². The predicted octanol–water partition coefficient (Wildman–Crippen LogP) is 1.31. The first kappa shape index (κ1) is 17.3. The molecule has 0 amide bonds. The van der Waals surface area contributed by atoms with Gasteiger partial charge < -0.3 is 9.64 Å². The molecule has 0 aliphatic carbocycles. The Kier molecular flexibility index (Phi) is 5.78. The number of methoxy groups -OCH3 is 1. The minimum absolute atomic E-state index is 0.0165. The van der Waals surface area contributed by atoms with Crippen molar-refractivity contribution in [1.29, 1.82) is 0 Å². The van der Waals surface area contributed by atoms with Crippen LogP contribution in [0, 0.1) is 0 Å². The Morgan fingerprint density at radius 2 is 1.88 bits per heavy atom. The number of halogens is 1. The van der Waals surface area contributed by atoms with E-state index in [0.717, 1.165) is 42.6 Å². The van der Waals surface area contributed by atoms with Gasteiger partial charge in [-0.25, -0.2) is 4.68 Å². The number of tetrazole rings is 1. The van der Waals surface area contributed by atoms with Gasteiger partial charge in [0.1, 0.15) is 0 Å². The van der Waals surface area contributed by atoms with Crippen LogP contribution in [0.1, 0.15) is 17.4 Å². The Morgan fingerprint density at radius 3 is 2.54 bits per heavy atom. The molecule has 2 heterocycles. The molecule has 0 N–H and O–H groups in total. The fraction of sp³-hybridized carbons (Fsp3) is 0.562. The molecule has 0 unspecified atom stereocenters. The Balaban J connectivity index is 1.92. The van der Waals surface area contributed by atoms with Crippen molar-refractivity contribution in [2.45, 2.75) is 12.6 Å². The first-order valence-electron chi connectivity index (χ1n) is 8.12. The zero-order valence-electron chi connectivity index (χ0n) is 14.1. The molecule has 7 nitrogen and oxygen atoms in total. The number of nitrogens with zero attached hydrogens (tertiary/aromatic N) is 6. The minimum atomic E-state index is 0.0165. The van der Waals surface area contributed by atoms with Crippen LogP contribution in [0.4, 0.5) is 0 Å². The van der Waals surface area contributed by atoms with Crippen LogP contribution in [-0.2, 0) is 11.3 Å². The van der Waals surface area contributed by atoms with Gasteiger partial charge in [-0.2, -0.15) is 0 Å². The lowest BCUT2D eigenvalue weighted by atomic mass is 10.0. The third-order valence-electron chi connectivity index (χ3n) is 4.40. The number of rotatable bonds is 6. The highest BCUT2D eigenvalue weighted by Gasteiger charge is 2.29. The number of aromatic nitrogens is 4. The number of likely N-dealkylation sites (N-methyl/N-ethyl adjacent to an activating group) is 1. The molecule has 0 saturated carbocycles. The van der Waals surface area contributed by atoms with Crippen LogP contribution < -0.4 is 0 Å². The molecule has 1 fully saturated rings. The summed E-state index contributed by atoms with van der Waals surface area (Å²) in [6.07, 6.45) is 0. The van der Waals surface area contributed by atoms with Crippen molar-refractivity contribution < 1.29 is 4.74 Å². The molecule has 130 valence electrons. The van der Waals surface area contributed by atoms with Crippen LogP contribution in [-0.4, -0.2) is 77.0 Å². The monoisotopic (exact) mass is 350 g/mol. The third-order valence-corrected chi connectivity index (χ3v) is 4.65. The lowest BCUT2D eigenvalue weighted by Crippen LogP contribution is -2.46. The maximum absolute atomic E-state index is 6.06. The average molecular weight is 351 g/mol. The van der Waals surface area contributed by atoms with Crippen molar-refractivity contribution in [3.63, 3.8) is 0 Å². The van der Waals surface area contributed by atoms with Gasteiger partial charge in [0, 0.05) is 38.3 Å². The maximum Gasteiger partial charge on any atom is 0.173 e. The van der Waals surface area contributed by atoms with Crippen molar-refractivity contribution in [1.82, 2.24) is 30.0 Å². The summed E-state index contributed by atoms with van der Waals surface area (Å²) in [5, 5.41) is 13.1. The second kappa shape index (κ2) is 8.02. The fourth-order valence-corrected chi connectivity index (χ4v) is 3.12. The van der Waals surface area contributed by atoms with E-state index in [-0.39, 0.29) is 6.04 Å². The van der Waals surface area contributed by atoms with E-state index in [1.54, 1.807) is 7.11 Å². The van der Waals surface area contributed by atoms with E-state index >= 15 is 0 Å². The van der Waals surface area contributed by atoms with Gasteiger partial charge in [0.15, 0.2) is 5.82 Å². The molecule has 0 spiro atoms. The summed E-state index contributed by atoms with van der Waals surface area (Å²) in [5.41, 5.74) is 1.15. The molecule has 1 saturated heterocycles. The lowest BCUT2D eigenvalue weighted by molar-refractivity contribution is 0.119. The van der Waals surface area contributed by atoms with E-state index < -0.39 is 0 Å². The highest BCUT2D eigenvalue weighted by molar-refractivity contribution is 6.30. The molecular weight excluding hydrogens is 328 g/mol. The summed E-state index contributed by atoms with van der Waals surface area (Å²) in [7, 11) is 3.83. The molecule has 3 rings (SSSR count). The van der Waals surface area contributed by atoms with E-state index in [1.165, 1.54) is 0 Å². The van der Waals surface area contributed by atoms with Gasteiger partial charge in [0.2, 0.25) is 0 Å². The number of piperazine rings is 1. The van der Waals surface area contributed by atoms with Crippen LogP contribution in [0.2, 0.25) is 5.02 Å². The summed E-state index contributed by atoms with van der Waals surface area (Å²) < 4.78 is 7.01. The standard InChI is InChI=1S/C16H23ClN6O/c1-21-7-9-22(10-8-21)15(13-3-5-14(17)6-4-13)16-18-19-20-23(16)11-12-24-2/h3-6,15H,7-12H2,1-2H3/t15-/m0/s1. The molecule has 1 aliphatic heterocycles. The van der Waals surface area contributed by atoms with Gasteiger partial charge in [-0.05, 0) is 35.2 Å². The van der Waals surface area contributed by atoms with Crippen LogP contribution >= 0.6 is 11.6 Å². The zero-order chi connectivity index (χ0) is 16.9. The SMILES string of the molecule is COCCn1nnnc1[C@H](c1ccc(Cl)cc1)N1CCN(C)CC1. The van der Waals surface area contributed by atoms with Crippen LogP contribution in [0.5, 0.6) is 0 Å². The zero-order valence-corrected chi connectivity index (χ0v) is 14.9.